The van der Waals surface area contributed by atoms with Gasteiger partial charge in [-0.25, -0.2) is 17.2 Å². The van der Waals surface area contributed by atoms with Crippen LogP contribution in [-0.2, 0) is 16.3 Å². The second-order valence-corrected chi connectivity index (χ2v) is 6.17. The number of benzene rings is 1. The number of hydrogen-bond donors (Lipinski definition) is 1. The van der Waals surface area contributed by atoms with Crippen LogP contribution in [0.15, 0.2) is 18.2 Å². The van der Waals surface area contributed by atoms with Crippen molar-refractivity contribution in [3.05, 3.63) is 35.4 Å². The molecular weight excluding hydrogens is 248 g/mol. The van der Waals surface area contributed by atoms with E-state index in [1.807, 2.05) is 0 Å². The Bertz CT molecular complexity index is 468. The highest BCUT2D eigenvalue weighted by molar-refractivity contribution is 7.90. The molecule has 1 rings (SSSR count). The van der Waals surface area contributed by atoms with Gasteiger partial charge in [-0.3, -0.25) is 0 Å². The van der Waals surface area contributed by atoms with Crippen LogP contribution < -0.4 is 5.32 Å². The molecule has 0 spiro atoms. The average Bonchev–Trinajstić information content (AvgIpc) is 2.20. The molecule has 1 aromatic carbocycles. The molecule has 17 heavy (non-hydrogen) atoms. The van der Waals surface area contributed by atoms with Crippen molar-refractivity contribution in [2.24, 2.45) is 0 Å². The van der Waals surface area contributed by atoms with Crippen LogP contribution in [-0.4, -0.2) is 33.5 Å². The summed E-state index contributed by atoms with van der Waals surface area (Å²) in [6, 6.07) is 3.09. The molecule has 3 nitrogen and oxygen atoms in total. The van der Waals surface area contributed by atoms with E-state index in [0.717, 1.165) is 18.4 Å². The summed E-state index contributed by atoms with van der Waals surface area (Å²) in [4.78, 5) is 0. The van der Waals surface area contributed by atoms with Crippen molar-refractivity contribution in [3.8, 4) is 0 Å². The van der Waals surface area contributed by atoms with E-state index in [1.165, 1.54) is 6.07 Å². The van der Waals surface area contributed by atoms with Crippen molar-refractivity contribution in [2.75, 3.05) is 19.1 Å². The van der Waals surface area contributed by atoms with Gasteiger partial charge in [0.15, 0.2) is 0 Å². The molecule has 1 atom stereocenters. The Labute approximate surface area is 99.8 Å². The van der Waals surface area contributed by atoms with Crippen LogP contribution in [0.1, 0.15) is 5.56 Å². The minimum absolute atomic E-state index is 0.00206. The molecule has 0 aliphatic carbocycles. The maximum Gasteiger partial charge on any atom is 0.148 e. The summed E-state index contributed by atoms with van der Waals surface area (Å²) in [6.45, 7) is 0. The van der Waals surface area contributed by atoms with E-state index in [0.29, 0.717) is 0 Å². The lowest BCUT2D eigenvalue weighted by atomic mass is 10.1. The van der Waals surface area contributed by atoms with Gasteiger partial charge in [-0.15, -0.1) is 0 Å². The number of sulfone groups is 1. The molecule has 0 amide bonds. The molecule has 0 aromatic heterocycles. The van der Waals surface area contributed by atoms with E-state index in [-0.39, 0.29) is 17.7 Å². The van der Waals surface area contributed by atoms with E-state index >= 15 is 0 Å². The fourth-order valence-electron chi connectivity index (χ4n) is 1.58. The zero-order valence-electron chi connectivity index (χ0n) is 9.70. The Morgan fingerprint density at radius 3 is 2.24 bits per heavy atom. The van der Waals surface area contributed by atoms with Gasteiger partial charge in [0.25, 0.3) is 0 Å². The van der Waals surface area contributed by atoms with Crippen molar-refractivity contribution in [3.63, 3.8) is 0 Å². The summed E-state index contributed by atoms with van der Waals surface area (Å²) >= 11 is 0. The van der Waals surface area contributed by atoms with E-state index in [4.69, 9.17) is 0 Å². The Balaban J connectivity index is 2.88. The average molecular weight is 263 g/mol. The largest absolute Gasteiger partial charge is 0.316 e. The minimum Gasteiger partial charge on any atom is -0.316 e. The highest BCUT2D eigenvalue weighted by Gasteiger charge is 2.18. The third-order valence-corrected chi connectivity index (χ3v) is 3.43. The molecule has 0 radical (unpaired) electrons. The van der Waals surface area contributed by atoms with Crippen LogP contribution in [0, 0.1) is 11.6 Å². The first kappa shape index (κ1) is 14.1. The summed E-state index contributed by atoms with van der Waals surface area (Å²) in [5.41, 5.74) is -0.0875. The third-order valence-electron chi connectivity index (χ3n) is 2.42. The Morgan fingerprint density at radius 2 is 1.82 bits per heavy atom. The quantitative estimate of drug-likeness (QED) is 0.866. The summed E-state index contributed by atoms with van der Waals surface area (Å²) in [5, 5.41) is 2.75. The minimum atomic E-state index is -3.19. The van der Waals surface area contributed by atoms with E-state index in [9.17, 15) is 17.2 Å². The molecule has 0 saturated heterocycles. The lowest BCUT2D eigenvalue weighted by Gasteiger charge is -2.15. The standard InChI is InChI=1S/C11H15F2NO2S/c1-14-8(7-17(2,15)16)6-9-10(12)4-3-5-11(9)13/h3-5,8,14H,6-7H2,1-2H3. The van der Waals surface area contributed by atoms with E-state index in [1.54, 1.807) is 7.05 Å². The summed E-state index contributed by atoms with van der Waals surface area (Å²) in [5.74, 6) is -1.46. The summed E-state index contributed by atoms with van der Waals surface area (Å²) in [6.07, 6.45) is 1.09. The third kappa shape index (κ3) is 4.40. The molecule has 1 N–H and O–H groups in total. The SMILES string of the molecule is CNC(Cc1c(F)cccc1F)CS(C)(=O)=O. The molecule has 0 fully saturated rings. The molecule has 6 heteroatoms. The zero-order valence-corrected chi connectivity index (χ0v) is 10.5. The Kier molecular flexibility index (Phi) is 4.59. The van der Waals surface area contributed by atoms with Gasteiger partial charge < -0.3 is 5.32 Å². The number of rotatable bonds is 5. The van der Waals surface area contributed by atoms with Crippen LogP contribution in [0.25, 0.3) is 0 Å². The fraction of sp³-hybridized carbons (Fsp3) is 0.455. The number of halogens is 2. The second-order valence-electron chi connectivity index (χ2n) is 3.98. The van der Waals surface area contributed by atoms with Crippen LogP contribution in [0.4, 0.5) is 8.78 Å². The van der Waals surface area contributed by atoms with Gasteiger partial charge in [0.05, 0.1) is 5.75 Å². The van der Waals surface area contributed by atoms with Crippen molar-refractivity contribution >= 4 is 9.84 Å². The van der Waals surface area contributed by atoms with Gasteiger partial charge in [-0.05, 0) is 25.6 Å². The molecule has 1 unspecified atom stereocenters. The highest BCUT2D eigenvalue weighted by Crippen LogP contribution is 2.14. The number of likely N-dealkylation sites (N-methyl/N-ethyl adjacent to an activating group) is 1. The van der Waals surface area contributed by atoms with Crippen molar-refractivity contribution < 1.29 is 17.2 Å². The van der Waals surface area contributed by atoms with E-state index in [2.05, 4.69) is 5.32 Å². The van der Waals surface area contributed by atoms with Crippen LogP contribution in [0.3, 0.4) is 0 Å². The van der Waals surface area contributed by atoms with Gasteiger partial charge >= 0.3 is 0 Å². The van der Waals surface area contributed by atoms with Crippen molar-refractivity contribution in [1.82, 2.24) is 5.32 Å². The maximum atomic E-state index is 13.4. The molecular formula is C11H15F2NO2S. The van der Waals surface area contributed by atoms with Gasteiger partial charge in [-0.2, -0.15) is 0 Å². The predicted molar refractivity (Wildman–Crippen MR) is 62.6 cm³/mol. The lowest BCUT2D eigenvalue weighted by molar-refractivity contribution is 0.517. The molecule has 0 bridgehead atoms. The summed E-state index contributed by atoms with van der Waals surface area (Å²) < 4.78 is 49.0. The van der Waals surface area contributed by atoms with Gasteiger partial charge in [0.2, 0.25) is 0 Å². The molecule has 0 saturated carbocycles. The van der Waals surface area contributed by atoms with Crippen LogP contribution in [0.2, 0.25) is 0 Å². The van der Waals surface area contributed by atoms with E-state index < -0.39 is 27.5 Å². The predicted octanol–water partition coefficient (Wildman–Crippen LogP) is 1.14. The number of hydrogen-bond acceptors (Lipinski definition) is 3. The van der Waals surface area contributed by atoms with Crippen molar-refractivity contribution in [1.29, 1.82) is 0 Å². The zero-order chi connectivity index (χ0) is 13.1. The lowest BCUT2D eigenvalue weighted by Crippen LogP contribution is -2.35. The highest BCUT2D eigenvalue weighted by atomic mass is 32.2. The van der Waals surface area contributed by atoms with Crippen LogP contribution >= 0.6 is 0 Å². The van der Waals surface area contributed by atoms with Crippen LogP contribution in [0.5, 0.6) is 0 Å². The first-order valence-electron chi connectivity index (χ1n) is 5.11. The second kappa shape index (κ2) is 5.55. The van der Waals surface area contributed by atoms with Gasteiger partial charge in [0.1, 0.15) is 21.5 Å². The summed E-state index contributed by atoms with van der Waals surface area (Å²) in [7, 11) is -1.62. The number of nitrogens with one attached hydrogen (secondary N) is 1. The molecule has 0 aliphatic heterocycles. The monoisotopic (exact) mass is 263 g/mol. The topological polar surface area (TPSA) is 46.2 Å². The normalized spacial score (nSPS) is 13.6. The van der Waals surface area contributed by atoms with Crippen molar-refractivity contribution in [2.45, 2.75) is 12.5 Å². The Hall–Kier alpha value is -1.01. The molecule has 0 heterocycles. The smallest absolute Gasteiger partial charge is 0.148 e. The van der Waals surface area contributed by atoms with Gasteiger partial charge in [-0.1, -0.05) is 6.07 Å². The van der Waals surface area contributed by atoms with Gasteiger partial charge in [0, 0.05) is 17.9 Å². The first-order chi connectivity index (χ1) is 7.83. The molecule has 96 valence electrons. The molecule has 1 aromatic rings. The first-order valence-corrected chi connectivity index (χ1v) is 7.17. The molecule has 0 aliphatic rings. The Morgan fingerprint density at radius 1 is 1.29 bits per heavy atom. The maximum absolute atomic E-state index is 13.4. The fourth-order valence-corrected chi connectivity index (χ4v) is 2.60.